The van der Waals surface area contributed by atoms with Crippen LogP contribution >= 0.6 is 12.4 Å². The summed E-state index contributed by atoms with van der Waals surface area (Å²) in [6, 6.07) is 0.738. The predicted octanol–water partition coefficient (Wildman–Crippen LogP) is 2.05. The summed E-state index contributed by atoms with van der Waals surface area (Å²) < 4.78 is 0. The molecule has 1 aliphatic rings. The Labute approximate surface area is 105 Å². The highest BCUT2D eigenvalue weighted by Crippen LogP contribution is 2.15. The van der Waals surface area contributed by atoms with Crippen molar-refractivity contribution in [1.82, 2.24) is 10.2 Å². The summed E-state index contributed by atoms with van der Waals surface area (Å²) in [6.45, 7) is 10.2. The SMILES string of the molecule is CCCC(C)C(=O)N1CCNC(C)C1C.Cl. The monoisotopic (exact) mass is 248 g/mol. The Bertz CT molecular complexity index is 223. The second-order valence-corrected chi connectivity index (χ2v) is 4.70. The second kappa shape index (κ2) is 7.13. The fourth-order valence-corrected chi connectivity index (χ4v) is 2.21. The van der Waals surface area contributed by atoms with Crippen LogP contribution < -0.4 is 5.32 Å². The summed E-state index contributed by atoms with van der Waals surface area (Å²) in [5.74, 6) is 0.514. The first kappa shape index (κ1) is 15.7. The van der Waals surface area contributed by atoms with E-state index in [1.165, 1.54) is 0 Å². The van der Waals surface area contributed by atoms with Crippen LogP contribution in [0.15, 0.2) is 0 Å². The molecule has 1 fully saturated rings. The largest absolute Gasteiger partial charge is 0.337 e. The van der Waals surface area contributed by atoms with Crippen molar-refractivity contribution in [3.8, 4) is 0 Å². The third-order valence-electron chi connectivity index (χ3n) is 3.46. The number of amides is 1. The molecular weight excluding hydrogens is 224 g/mol. The van der Waals surface area contributed by atoms with E-state index in [1.54, 1.807) is 0 Å². The van der Waals surface area contributed by atoms with Crippen molar-refractivity contribution in [1.29, 1.82) is 0 Å². The number of halogens is 1. The molecule has 4 heteroatoms. The standard InChI is InChI=1S/C12H24N2O.ClH/c1-5-6-9(2)12(15)14-8-7-13-10(3)11(14)4;/h9-11,13H,5-8H2,1-4H3;1H. The lowest BCUT2D eigenvalue weighted by atomic mass is 10.0. The van der Waals surface area contributed by atoms with Crippen LogP contribution in [-0.2, 0) is 4.79 Å². The highest BCUT2D eigenvalue weighted by Gasteiger charge is 2.29. The van der Waals surface area contributed by atoms with Crippen LogP contribution in [0.2, 0.25) is 0 Å². The second-order valence-electron chi connectivity index (χ2n) is 4.70. The molecule has 16 heavy (non-hydrogen) atoms. The smallest absolute Gasteiger partial charge is 0.225 e. The highest BCUT2D eigenvalue weighted by atomic mass is 35.5. The Morgan fingerprint density at radius 1 is 1.50 bits per heavy atom. The minimum atomic E-state index is 0. The van der Waals surface area contributed by atoms with Gasteiger partial charge >= 0.3 is 0 Å². The lowest BCUT2D eigenvalue weighted by molar-refractivity contribution is -0.138. The van der Waals surface area contributed by atoms with Gasteiger partial charge in [0.15, 0.2) is 0 Å². The Hall–Kier alpha value is -0.280. The number of rotatable bonds is 3. The molecule has 0 radical (unpaired) electrons. The Morgan fingerprint density at radius 3 is 2.69 bits per heavy atom. The fraction of sp³-hybridized carbons (Fsp3) is 0.917. The number of nitrogens with zero attached hydrogens (tertiary/aromatic N) is 1. The first-order valence-electron chi connectivity index (χ1n) is 6.11. The molecule has 96 valence electrons. The van der Waals surface area contributed by atoms with Gasteiger partial charge in [0.1, 0.15) is 0 Å². The average molecular weight is 249 g/mol. The van der Waals surface area contributed by atoms with Crippen molar-refractivity contribution < 1.29 is 4.79 Å². The molecule has 3 nitrogen and oxygen atoms in total. The molecule has 0 aromatic rings. The van der Waals surface area contributed by atoms with Crippen molar-refractivity contribution in [3.63, 3.8) is 0 Å². The summed E-state index contributed by atoms with van der Waals surface area (Å²) in [6.07, 6.45) is 2.09. The summed E-state index contributed by atoms with van der Waals surface area (Å²) in [5.41, 5.74) is 0. The quantitative estimate of drug-likeness (QED) is 0.829. The van der Waals surface area contributed by atoms with E-state index in [-0.39, 0.29) is 18.3 Å². The molecule has 3 atom stereocenters. The molecule has 0 aromatic heterocycles. The molecule has 0 bridgehead atoms. The Kier molecular flexibility index (Phi) is 7.00. The molecule has 0 aliphatic carbocycles. The van der Waals surface area contributed by atoms with Gasteiger partial charge in [-0.05, 0) is 20.3 Å². The van der Waals surface area contributed by atoms with E-state index in [1.807, 2.05) is 11.8 Å². The van der Waals surface area contributed by atoms with Gasteiger partial charge in [0.25, 0.3) is 0 Å². The molecule has 3 unspecified atom stereocenters. The zero-order chi connectivity index (χ0) is 11.4. The lowest BCUT2D eigenvalue weighted by Gasteiger charge is -2.39. The van der Waals surface area contributed by atoms with Gasteiger partial charge in [-0.3, -0.25) is 4.79 Å². The number of carbonyl (C=O) groups is 1. The van der Waals surface area contributed by atoms with Gasteiger partial charge in [0.05, 0.1) is 0 Å². The highest BCUT2D eigenvalue weighted by molar-refractivity contribution is 5.85. The van der Waals surface area contributed by atoms with Gasteiger partial charge in [0.2, 0.25) is 5.91 Å². The molecule has 0 spiro atoms. The lowest BCUT2D eigenvalue weighted by Crippen LogP contribution is -2.58. The zero-order valence-electron chi connectivity index (χ0n) is 10.8. The van der Waals surface area contributed by atoms with Crippen molar-refractivity contribution >= 4 is 18.3 Å². The fourth-order valence-electron chi connectivity index (χ4n) is 2.21. The van der Waals surface area contributed by atoms with E-state index in [0.29, 0.717) is 18.0 Å². The maximum absolute atomic E-state index is 12.1. The minimum Gasteiger partial charge on any atom is -0.337 e. The summed E-state index contributed by atoms with van der Waals surface area (Å²) >= 11 is 0. The maximum Gasteiger partial charge on any atom is 0.225 e. The van der Waals surface area contributed by atoms with Crippen LogP contribution in [0, 0.1) is 5.92 Å². The van der Waals surface area contributed by atoms with Crippen molar-refractivity contribution in [3.05, 3.63) is 0 Å². The van der Waals surface area contributed by atoms with E-state index in [4.69, 9.17) is 0 Å². The zero-order valence-corrected chi connectivity index (χ0v) is 11.6. The van der Waals surface area contributed by atoms with Crippen LogP contribution in [0.4, 0.5) is 0 Å². The average Bonchev–Trinajstić information content (AvgIpc) is 2.21. The first-order chi connectivity index (χ1) is 7.07. The molecule has 1 aliphatic heterocycles. The van der Waals surface area contributed by atoms with Gasteiger partial charge in [0, 0.05) is 31.1 Å². The van der Waals surface area contributed by atoms with Gasteiger partial charge in [-0.1, -0.05) is 20.3 Å². The molecular formula is C12H25ClN2O. The van der Waals surface area contributed by atoms with Gasteiger partial charge in [-0.15, -0.1) is 12.4 Å². The Morgan fingerprint density at radius 2 is 2.12 bits per heavy atom. The van der Waals surface area contributed by atoms with Crippen LogP contribution in [0.25, 0.3) is 0 Å². The van der Waals surface area contributed by atoms with E-state index in [9.17, 15) is 4.79 Å². The molecule has 0 saturated carbocycles. The maximum atomic E-state index is 12.1. The number of piperazine rings is 1. The van der Waals surface area contributed by atoms with Gasteiger partial charge in [-0.2, -0.15) is 0 Å². The van der Waals surface area contributed by atoms with E-state index >= 15 is 0 Å². The van der Waals surface area contributed by atoms with E-state index in [0.717, 1.165) is 25.9 Å². The van der Waals surface area contributed by atoms with Crippen LogP contribution in [-0.4, -0.2) is 36.0 Å². The first-order valence-corrected chi connectivity index (χ1v) is 6.11. The van der Waals surface area contributed by atoms with Crippen LogP contribution in [0.5, 0.6) is 0 Å². The Balaban J connectivity index is 0.00000225. The van der Waals surface area contributed by atoms with Crippen LogP contribution in [0.1, 0.15) is 40.5 Å². The van der Waals surface area contributed by atoms with E-state index < -0.39 is 0 Å². The van der Waals surface area contributed by atoms with Crippen molar-refractivity contribution in [2.24, 2.45) is 5.92 Å². The molecule has 1 saturated heterocycles. The number of nitrogens with one attached hydrogen (secondary N) is 1. The third-order valence-corrected chi connectivity index (χ3v) is 3.46. The van der Waals surface area contributed by atoms with Crippen LogP contribution in [0.3, 0.4) is 0 Å². The molecule has 1 N–H and O–H groups in total. The number of carbonyl (C=O) groups excluding carboxylic acids is 1. The molecule has 1 amide bonds. The normalized spacial score (nSPS) is 27.1. The minimum absolute atomic E-state index is 0. The van der Waals surface area contributed by atoms with Crippen molar-refractivity contribution in [2.75, 3.05) is 13.1 Å². The topological polar surface area (TPSA) is 32.3 Å². The van der Waals surface area contributed by atoms with Gasteiger partial charge < -0.3 is 10.2 Å². The third kappa shape index (κ3) is 3.63. The predicted molar refractivity (Wildman–Crippen MR) is 70.0 cm³/mol. The van der Waals surface area contributed by atoms with E-state index in [2.05, 4.69) is 26.1 Å². The number of hydrogen-bond acceptors (Lipinski definition) is 2. The summed E-state index contributed by atoms with van der Waals surface area (Å²) in [7, 11) is 0. The number of hydrogen-bond donors (Lipinski definition) is 1. The summed E-state index contributed by atoms with van der Waals surface area (Å²) in [4.78, 5) is 14.2. The van der Waals surface area contributed by atoms with Crippen molar-refractivity contribution in [2.45, 2.75) is 52.6 Å². The van der Waals surface area contributed by atoms with Gasteiger partial charge in [-0.25, -0.2) is 0 Å². The molecule has 1 rings (SSSR count). The molecule has 0 aromatic carbocycles. The summed E-state index contributed by atoms with van der Waals surface area (Å²) in [5, 5.41) is 3.39. The molecule has 1 heterocycles.